The van der Waals surface area contributed by atoms with Gasteiger partial charge in [-0.15, -0.1) is 0 Å². The van der Waals surface area contributed by atoms with Gasteiger partial charge in [-0.05, 0) is 145 Å². The minimum Gasteiger partial charge on any atom is -0.507 e. The fourth-order valence-electron chi connectivity index (χ4n) is 23.3. The number of nitrogens with zero attached hydrogens (tertiary/aromatic N) is 6. The summed E-state index contributed by atoms with van der Waals surface area (Å²) in [5, 5.41) is 40.5. The quantitative estimate of drug-likeness (QED) is 0.0107. The third-order valence-corrected chi connectivity index (χ3v) is 32.0. The van der Waals surface area contributed by atoms with Crippen molar-refractivity contribution in [2.24, 2.45) is 0 Å². The molecule has 2 aliphatic carbocycles. The van der Waals surface area contributed by atoms with E-state index in [1.54, 1.807) is 65.0 Å². The molecule has 2 saturated heterocycles. The standard InChI is InChI=1S/C58H62N4O11S.C55H58N4O11S/c1-7-21-68-53-35(3)54-56(73-33-72-54)50-42(53)26-46-51-49-37(24-34(2)52(66-6)55(49)71-32-67-23-22-65-5)25-45(61(51)4)47(27-59)62(46)48(50)29-69-57(63)44(60-58(64)70-28-36-15-9-8-10-16-36)31-74-30-43-40-19-13-11-17-38(40)39-18-12-14-20-41(39)43;1-31-21-34-22-42-44(24-56)59-43(48(58(42)3)46(34)52(50(31)64-5)68-29-65-20-19-63-4)23-39-47(53-51(69-30-70-53)32(2)49(39)60)45(59)26-66-54(61)41(57-55(62)67-25-33-13-7-6-8-14-33)28-71-27-40-37-17-11-9-15-35(37)36-16-10-12-18-38(36)40/h7-20,24,43-48,51H,1,21-23,25-26,28-33H2,2-6H3,(H,60,64);6-18,21,40-45,48,60H,19-20,22-23,25-30H2,1-5H3,(H,57,62)/t44-,45+,46?,47+,48+,51+;41-,42+,43?,44+,45+,48+/m11/s1. The Morgan fingerprint density at radius 3 is 1.28 bits per heavy atom. The number of carbonyl (C=O) groups excluding carboxylic acids is 4. The van der Waals surface area contributed by atoms with Crippen LogP contribution in [0.2, 0.25) is 0 Å². The second-order valence-electron chi connectivity index (χ2n) is 37.7. The molecule has 756 valence electrons. The molecule has 10 aromatic rings. The highest BCUT2D eigenvalue weighted by Gasteiger charge is 2.60. The van der Waals surface area contributed by atoms with Crippen molar-refractivity contribution in [1.82, 2.24) is 30.2 Å². The van der Waals surface area contributed by atoms with Gasteiger partial charge in [-0.25, -0.2) is 19.2 Å². The van der Waals surface area contributed by atoms with Crippen LogP contribution in [0, 0.1) is 50.4 Å². The number of aromatic hydroxyl groups is 1. The third kappa shape index (κ3) is 19.6. The second kappa shape index (κ2) is 44.8. The monoisotopic (exact) mass is 2000 g/mol. The predicted octanol–water partition coefficient (Wildman–Crippen LogP) is 16.7. The van der Waals surface area contributed by atoms with Crippen molar-refractivity contribution < 1.29 is 105 Å². The Balaban J connectivity index is 0.000000183. The van der Waals surface area contributed by atoms with Gasteiger partial charge >= 0.3 is 24.1 Å². The molecule has 4 bridgehead atoms. The molecule has 0 aromatic heterocycles. The molecule has 32 heteroatoms. The molecule has 2 amide bonds. The van der Waals surface area contributed by atoms with Crippen LogP contribution < -0.4 is 53.3 Å². The summed E-state index contributed by atoms with van der Waals surface area (Å²) < 4.78 is 103. The van der Waals surface area contributed by atoms with Crippen LogP contribution in [-0.4, -0.2) is 236 Å². The number of nitriles is 2. The molecule has 8 aliphatic heterocycles. The fourth-order valence-corrected chi connectivity index (χ4v) is 25.7. The first-order valence-electron chi connectivity index (χ1n) is 49.0. The van der Waals surface area contributed by atoms with Gasteiger partial charge in [-0.2, -0.15) is 34.0 Å². The zero-order valence-electron chi connectivity index (χ0n) is 82.9. The van der Waals surface area contributed by atoms with Crippen molar-refractivity contribution in [3.8, 4) is 91.9 Å². The van der Waals surface area contributed by atoms with Crippen LogP contribution in [0.3, 0.4) is 0 Å². The Labute approximate surface area is 852 Å². The lowest BCUT2D eigenvalue weighted by molar-refractivity contribution is -0.151. The van der Waals surface area contributed by atoms with Crippen molar-refractivity contribution in [2.45, 2.75) is 151 Å². The predicted molar refractivity (Wildman–Crippen MR) is 544 cm³/mol. The number of phenolic OH excluding ortho intramolecular Hbond substituents is 1. The van der Waals surface area contributed by atoms with Gasteiger partial charge in [-0.3, -0.25) is 19.6 Å². The molecule has 0 saturated carbocycles. The molecular formula is C113H120N8O22S2. The van der Waals surface area contributed by atoms with E-state index in [0.717, 1.165) is 61.2 Å². The van der Waals surface area contributed by atoms with E-state index < -0.39 is 72.5 Å². The number of piperazine rings is 2. The van der Waals surface area contributed by atoms with E-state index in [-0.39, 0.29) is 113 Å². The number of amides is 2. The van der Waals surface area contributed by atoms with Crippen molar-refractivity contribution in [1.29, 1.82) is 10.5 Å². The Hall–Kier alpha value is -13.2. The van der Waals surface area contributed by atoms with Gasteiger partial charge in [0.15, 0.2) is 59.6 Å². The first-order valence-corrected chi connectivity index (χ1v) is 51.3. The second-order valence-corrected chi connectivity index (χ2v) is 39.9. The van der Waals surface area contributed by atoms with Gasteiger partial charge < -0.3 is 96.3 Å². The number of thioether (sulfide) groups is 2. The fraction of sp³-hybridized carbons (Fsp3) is 0.398. The lowest BCUT2D eigenvalue weighted by Gasteiger charge is -2.60. The highest BCUT2D eigenvalue weighted by molar-refractivity contribution is 7.99. The van der Waals surface area contributed by atoms with Crippen LogP contribution in [0.15, 0.2) is 183 Å². The summed E-state index contributed by atoms with van der Waals surface area (Å²) in [5.74, 6) is 5.35. The number of phenols is 1. The van der Waals surface area contributed by atoms with E-state index in [1.165, 1.54) is 44.5 Å². The topological polar surface area (TPSA) is 330 Å². The molecular weight excluding hydrogens is 1890 g/mol. The van der Waals surface area contributed by atoms with E-state index in [2.05, 4.69) is 141 Å². The summed E-state index contributed by atoms with van der Waals surface area (Å²) in [4.78, 5) is 65.8. The SMILES string of the molecule is C=CCOc1c(C)c2c(c3c1CC1[C@H]4c5c(cc(C)c(OC)c5OCOCCOC)C[C@@H]([C@H](C#N)N1[C@H]3COC(=O)[C@@H](CSCC1c3ccccc3-c3ccccc31)NC(=O)OCc1ccccc1)N4C)OCO2.COCCOCOc1c(OC)c(C)cc2c1[C@@H]1C3Cc4c(O)c(C)c5c(c4[C@H](COC(=O)[C@@H](CSCC4c6ccccc6-c6ccccc64)NC(=O)OCc4ccccc4)N3[C@@H](C#N)[C@H](C2)N1C)OCO5. The zero-order chi connectivity index (χ0) is 101. The molecule has 2 unspecified atom stereocenters. The summed E-state index contributed by atoms with van der Waals surface area (Å²) in [5.41, 5.74) is 21.0. The maximum atomic E-state index is 14.9. The van der Waals surface area contributed by atoms with E-state index >= 15 is 0 Å². The largest absolute Gasteiger partial charge is 0.507 e. The van der Waals surface area contributed by atoms with Crippen LogP contribution in [0.1, 0.15) is 136 Å². The van der Waals surface area contributed by atoms with Gasteiger partial charge in [-0.1, -0.05) is 183 Å². The van der Waals surface area contributed by atoms with Crippen molar-refractivity contribution in [3.63, 3.8) is 0 Å². The van der Waals surface area contributed by atoms with E-state index in [0.29, 0.717) is 132 Å². The molecule has 145 heavy (non-hydrogen) atoms. The molecule has 12 atom stereocenters. The smallest absolute Gasteiger partial charge is 0.408 e. The van der Waals surface area contributed by atoms with Crippen LogP contribution in [-0.2, 0) is 86.4 Å². The molecule has 0 spiro atoms. The Morgan fingerprint density at radius 2 is 0.869 bits per heavy atom. The summed E-state index contributed by atoms with van der Waals surface area (Å²) >= 11 is 3.11. The number of hydrogen-bond donors (Lipinski definition) is 3. The molecule has 10 aromatic carbocycles. The average Bonchev–Trinajstić information content (AvgIpc) is 1.35. The average molecular weight is 2010 g/mol. The number of fused-ring (bicyclic) bond motifs is 24. The van der Waals surface area contributed by atoms with Crippen LogP contribution in [0.5, 0.6) is 57.5 Å². The van der Waals surface area contributed by atoms with Crippen LogP contribution in [0.4, 0.5) is 9.59 Å². The van der Waals surface area contributed by atoms with Crippen molar-refractivity contribution >= 4 is 47.6 Å². The van der Waals surface area contributed by atoms with Gasteiger partial charge in [0.2, 0.25) is 13.6 Å². The normalized spacial score (nSPS) is 20.6. The number of esters is 2. The number of nitrogens with one attached hydrogen (secondary N) is 2. The number of hydrogen-bond acceptors (Lipinski definition) is 30. The molecule has 3 N–H and O–H groups in total. The summed E-state index contributed by atoms with van der Waals surface area (Å²) in [7, 11) is 10.6. The summed E-state index contributed by atoms with van der Waals surface area (Å²) in [6, 6.07) is 54.6. The number of carbonyl (C=O) groups is 4. The number of aryl methyl sites for hydroxylation is 2. The molecule has 30 nitrogen and oxygen atoms in total. The Bertz CT molecular complexity index is 6490. The molecule has 2 fully saturated rings. The lowest BCUT2D eigenvalue weighted by atomic mass is 9.71. The number of alkyl carbamates (subject to hydrolysis) is 2. The van der Waals surface area contributed by atoms with E-state index in [4.69, 9.17) is 80.5 Å². The Kier molecular flexibility index (Phi) is 31.0. The molecule has 8 heterocycles. The highest BCUT2D eigenvalue weighted by atomic mass is 32.2. The van der Waals surface area contributed by atoms with Crippen LogP contribution in [0.25, 0.3) is 22.3 Å². The van der Waals surface area contributed by atoms with Gasteiger partial charge in [0, 0.05) is 118 Å². The number of benzene rings is 10. The molecule has 20 rings (SSSR count). The molecule has 10 aliphatic rings. The van der Waals surface area contributed by atoms with Crippen molar-refractivity contribution in [3.05, 3.63) is 283 Å². The molecule has 0 radical (unpaired) electrons. The number of methoxy groups -OCH3 is 4. The van der Waals surface area contributed by atoms with Gasteiger partial charge in [0.1, 0.15) is 68.7 Å². The number of rotatable bonds is 37. The van der Waals surface area contributed by atoms with Gasteiger partial charge in [0.05, 0.1) is 77.0 Å². The zero-order valence-corrected chi connectivity index (χ0v) is 84.5. The minimum absolute atomic E-state index is 0.0109. The first-order chi connectivity index (χ1) is 70.8. The first kappa shape index (κ1) is 100. The summed E-state index contributed by atoms with van der Waals surface area (Å²) in [6.07, 6.45) is 1.95. The van der Waals surface area contributed by atoms with Gasteiger partial charge in [0.25, 0.3) is 0 Å². The lowest BCUT2D eigenvalue weighted by Crippen LogP contribution is -2.68. The number of likely N-dealkylation sites (N-methyl/N-ethyl adjacent to an activating group) is 2. The van der Waals surface area contributed by atoms with E-state index in [9.17, 15) is 34.8 Å². The number of ether oxygens (including phenoxy) is 17. The third-order valence-electron chi connectivity index (χ3n) is 29.7. The van der Waals surface area contributed by atoms with E-state index in [1.807, 2.05) is 113 Å². The summed E-state index contributed by atoms with van der Waals surface area (Å²) in [6.45, 7) is 12.7. The minimum atomic E-state index is -1.11. The van der Waals surface area contributed by atoms with Crippen LogP contribution >= 0.6 is 23.5 Å². The maximum absolute atomic E-state index is 14.9. The Morgan fingerprint density at radius 1 is 0.476 bits per heavy atom. The highest BCUT2D eigenvalue weighted by Crippen LogP contribution is 2.62. The maximum Gasteiger partial charge on any atom is 0.408 e. The van der Waals surface area contributed by atoms with Crippen molar-refractivity contribution in [2.75, 3.05) is 139 Å².